The van der Waals surface area contributed by atoms with Gasteiger partial charge >= 0.3 is 29.8 Å². The molecule has 0 amide bonds. The van der Waals surface area contributed by atoms with Gasteiger partial charge < -0.3 is 42.7 Å². The highest BCUT2D eigenvalue weighted by Gasteiger charge is 2.15. The minimum atomic E-state index is -1.29. The summed E-state index contributed by atoms with van der Waals surface area (Å²) >= 11 is 0. The molecule has 0 saturated heterocycles. The first-order valence-electron chi connectivity index (χ1n) is 6.11. The van der Waals surface area contributed by atoms with Crippen molar-refractivity contribution in [1.29, 1.82) is 0 Å². The van der Waals surface area contributed by atoms with Gasteiger partial charge in [-0.2, -0.15) is 0 Å². The molecule has 0 aromatic rings. The fourth-order valence-electron chi connectivity index (χ4n) is 0.551. The summed E-state index contributed by atoms with van der Waals surface area (Å²) in [7, 11) is 0. The summed E-state index contributed by atoms with van der Waals surface area (Å²) in [5.41, 5.74) is 14.5. The van der Waals surface area contributed by atoms with Gasteiger partial charge in [0.05, 0.1) is 12.8 Å². The van der Waals surface area contributed by atoms with Gasteiger partial charge in [-0.15, -0.1) is 0 Å². The van der Waals surface area contributed by atoms with Gasteiger partial charge in [-0.1, -0.05) is 0 Å². The monoisotopic (exact) mass is 355 g/mol. The van der Waals surface area contributed by atoms with Crippen molar-refractivity contribution in [3.05, 3.63) is 0 Å². The number of hydrogen-bond donors (Lipinski definition) is 8. The quantitative estimate of drug-likeness (QED) is 0.229. The Morgan fingerprint density at radius 3 is 0.917 bits per heavy atom. The minimum absolute atomic E-state index is 0.532. The van der Waals surface area contributed by atoms with E-state index in [0.717, 1.165) is 0 Å². The number of carbonyl (C=O) groups is 5. The standard InChI is InChI=1S/2C4H7NO4.C3H7NO2/c2*5-2(4(8)9)1-3(6)7;1-2(4)3(5)6/h2*2H,1,5H2,(H,6,7)(H,8,9);2H,4H2,1H3,(H,5,6)/t3*2-/m000/s1. The highest BCUT2D eigenvalue weighted by atomic mass is 16.4. The Hall–Kier alpha value is -2.77. The van der Waals surface area contributed by atoms with Gasteiger partial charge in [0.15, 0.2) is 0 Å². The Morgan fingerprint density at radius 2 is 0.875 bits per heavy atom. The Labute approximate surface area is 135 Å². The van der Waals surface area contributed by atoms with E-state index in [1.54, 1.807) is 0 Å². The lowest BCUT2D eigenvalue weighted by Gasteiger charge is -1.99. The van der Waals surface area contributed by atoms with Crippen LogP contribution in [0, 0.1) is 0 Å². The van der Waals surface area contributed by atoms with Crippen molar-refractivity contribution >= 4 is 29.8 Å². The summed E-state index contributed by atoms with van der Waals surface area (Å²) < 4.78 is 0. The van der Waals surface area contributed by atoms with Crippen molar-refractivity contribution in [3.8, 4) is 0 Å². The highest BCUT2D eigenvalue weighted by molar-refractivity contribution is 5.80. The third kappa shape index (κ3) is 21.5. The maximum Gasteiger partial charge on any atom is 0.321 e. The van der Waals surface area contributed by atoms with Crippen molar-refractivity contribution in [3.63, 3.8) is 0 Å². The van der Waals surface area contributed by atoms with Crippen LogP contribution in [0.15, 0.2) is 0 Å². The van der Waals surface area contributed by atoms with E-state index in [1.165, 1.54) is 6.92 Å². The van der Waals surface area contributed by atoms with E-state index in [0.29, 0.717) is 0 Å². The largest absolute Gasteiger partial charge is 0.481 e. The molecule has 0 aliphatic rings. The third-order valence-electron chi connectivity index (χ3n) is 1.81. The fraction of sp³-hybridized carbons (Fsp3) is 0.545. The lowest BCUT2D eigenvalue weighted by atomic mass is 10.2. The summed E-state index contributed by atoms with van der Waals surface area (Å²) in [5, 5.41) is 39.9. The molecule has 0 rings (SSSR count). The average molecular weight is 355 g/mol. The van der Waals surface area contributed by atoms with Crippen LogP contribution >= 0.6 is 0 Å². The van der Waals surface area contributed by atoms with E-state index in [1.807, 2.05) is 0 Å². The van der Waals surface area contributed by atoms with Gasteiger partial charge in [-0.3, -0.25) is 24.0 Å². The SMILES string of the molecule is C[C@H](N)C(=O)O.N[C@@H](CC(=O)O)C(=O)O.N[C@@H](CC(=O)O)C(=O)O. The van der Waals surface area contributed by atoms with E-state index < -0.39 is 60.8 Å². The van der Waals surface area contributed by atoms with E-state index in [9.17, 15) is 24.0 Å². The Morgan fingerprint density at radius 1 is 0.667 bits per heavy atom. The summed E-state index contributed by atoms with van der Waals surface area (Å²) in [5.74, 6) is -5.96. The molecular formula is C11H21N3O10. The molecule has 0 unspecified atom stereocenters. The van der Waals surface area contributed by atoms with Crippen molar-refractivity contribution in [1.82, 2.24) is 0 Å². The Bertz CT molecular complexity index is 419. The number of carboxylic acid groups (broad SMARTS) is 5. The summed E-state index contributed by atoms with van der Waals surface area (Å²) in [6.07, 6.45) is -1.06. The topological polar surface area (TPSA) is 265 Å². The van der Waals surface area contributed by atoms with Gasteiger partial charge in [0.25, 0.3) is 0 Å². The molecule has 0 aromatic carbocycles. The third-order valence-corrected chi connectivity index (χ3v) is 1.81. The summed E-state index contributed by atoms with van der Waals surface area (Å²) in [4.78, 5) is 48.8. The van der Waals surface area contributed by atoms with Crippen molar-refractivity contribution < 1.29 is 49.5 Å². The van der Waals surface area contributed by atoms with Gasteiger partial charge in [0.2, 0.25) is 0 Å². The number of hydrogen-bond acceptors (Lipinski definition) is 8. The number of carboxylic acids is 5. The zero-order chi connectivity index (χ0) is 20.0. The van der Waals surface area contributed by atoms with E-state index in [2.05, 4.69) is 0 Å². The molecule has 11 N–H and O–H groups in total. The number of rotatable bonds is 7. The molecule has 24 heavy (non-hydrogen) atoms. The van der Waals surface area contributed by atoms with Gasteiger partial charge in [0, 0.05) is 0 Å². The average Bonchev–Trinajstić information content (AvgIpc) is 2.38. The molecule has 0 saturated carbocycles. The van der Waals surface area contributed by atoms with Crippen LogP contribution in [-0.4, -0.2) is 73.5 Å². The van der Waals surface area contributed by atoms with Crippen molar-refractivity contribution in [2.75, 3.05) is 0 Å². The van der Waals surface area contributed by atoms with E-state index in [4.69, 9.17) is 42.7 Å². The second-order valence-electron chi connectivity index (χ2n) is 4.21. The molecule has 0 bridgehead atoms. The van der Waals surface area contributed by atoms with Gasteiger partial charge in [-0.05, 0) is 6.92 Å². The molecule has 0 radical (unpaired) electrons. The predicted octanol–water partition coefficient (Wildman–Crippen LogP) is -2.84. The summed E-state index contributed by atoms with van der Waals surface area (Å²) in [6, 6.07) is -3.31. The molecule has 0 aliphatic carbocycles. The smallest absolute Gasteiger partial charge is 0.321 e. The van der Waals surface area contributed by atoms with Crippen LogP contribution in [0.4, 0.5) is 0 Å². The Balaban J connectivity index is -0.000000282. The Kier molecular flexibility index (Phi) is 15.1. The lowest BCUT2D eigenvalue weighted by Crippen LogP contribution is -2.32. The first-order chi connectivity index (χ1) is 10.7. The van der Waals surface area contributed by atoms with Crippen LogP contribution in [0.25, 0.3) is 0 Å². The second-order valence-corrected chi connectivity index (χ2v) is 4.21. The number of nitrogens with two attached hydrogens (primary N) is 3. The zero-order valence-electron chi connectivity index (χ0n) is 12.7. The summed E-state index contributed by atoms with van der Waals surface area (Å²) in [6.45, 7) is 1.42. The molecular weight excluding hydrogens is 334 g/mol. The first-order valence-corrected chi connectivity index (χ1v) is 6.11. The van der Waals surface area contributed by atoms with Gasteiger partial charge in [0.1, 0.15) is 18.1 Å². The second kappa shape index (κ2) is 13.9. The normalized spacial score (nSPS) is 12.8. The van der Waals surface area contributed by atoms with Crippen LogP contribution in [-0.2, 0) is 24.0 Å². The van der Waals surface area contributed by atoms with Crippen molar-refractivity contribution in [2.24, 2.45) is 17.2 Å². The number of aliphatic carboxylic acids is 5. The molecule has 0 fully saturated rings. The molecule has 13 heteroatoms. The molecule has 140 valence electrons. The van der Waals surface area contributed by atoms with Gasteiger partial charge in [-0.25, -0.2) is 0 Å². The molecule has 0 heterocycles. The maximum atomic E-state index is 9.85. The van der Waals surface area contributed by atoms with Crippen LogP contribution in [0.2, 0.25) is 0 Å². The van der Waals surface area contributed by atoms with E-state index in [-0.39, 0.29) is 0 Å². The molecule has 0 spiro atoms. The molecule has 13 nitrogen and oxygen atoms in total. The van der Waals surface area contributed by atoms with Crippen LogP contribution in [0.1, 0.15) is 19.8 Å². The fourth-order valence-corrected chi connectivity index (χ4v) is 0.551. The maximum absolute atomic E-state index is 9.85. The molecule has 3 atom stereocenters. The molecule has 0 aromatic heterocycles. The van der Waals surface area contributed by atoms with Crippen molar-refractivity contribution in [2.45, 2.75) is 37.9 Å². The van der Waals surface area contributed by atoms with Crippen LogP contribution in [0.3, 0.4) is 0 Å². The van der Waals surface area contributed by atoms with Crippen LogP contribution < -0.4 is 17.2 Å². The first kappa shape index (κ1) is 26.1. The highest BCUT2D eigenvalue weighted by Crippen LogP contribution is 1.86. The minimum Gasteiger partial charge on any atom is -0.481 e. The zero-order valence-corrected chi connectivity index (χ0v) is 12.7. The van der Waals surface area contributed by atoms with E-state index >= 15 is 0 Å². The lowest BCUT2D eigenvalue weighted by molar-refractivity contribution is -0.144. The molecule has 0 aliphatic heterocycles. The van der Waals surface area contributed by atoms with Crippen LogP contribution in [0.5, 0.6) is 0 Å². The predicted molar refractivity (Wildman–Crippen MR) is 77.0 cm³/mol.